The lowest BCUT2D eigenvalue weighted by Crippen LogP contribution is -2.53. The third-order valence-electron chi connectivity index (χ3n) is 3.46. The van der Waals surface area contributed by atoms with E-state index < -0.39 is 40.8 Å². The van der Waals surface area contributed by atoms with Crippen LogP contribution in [0.1, 0.15) is 20.8 Å². The Hall–Kier alpha value is -0.300. The Morgan fingerprint density at radius 3 is 2.29 bits per heavy atom. The smallest absolute Gasteiger partial charge is 0.303 e. The van der Waals surface area contributed by atoms with Crippen molar-refractivity contribution in [3.05, 3.63) is 0 Å². The van der Waals surface area contributed by atoms with Crippen molar-refractivity contribution in [3.8, 4) is 0 Å². The first-order chi connectivity index (χ1) is 9.57. The van der Waals surface area contributed by atoms with Gasteiger partial charge in [0.1, 0.15) is 6.67 Å². The molecule has 0 aromatic carbocycles. The Balaban J connectivity index is 2.93. The number of halogens is 4. The standard InChI is InChI=1S/C12H17Cl3FNO4/c1-5-6(2)9(19-7(3)18)10(20-8(5)4-16)21-11(17)12(13,14)15/h5-6,8-10,17H,4H2,1-3H3/t5-,6+,8?,9?,10?/m1/s1. The molecule has 0 aromatic heterocycles. The van der Waals surface area contributed by atoms with Gasteiger partial charge in [0.15, 0.2) is 6.10 Å². The maximum Gasteiger partial charge on any atom is 0.303 e. The average Bonchev–Trinajstić information content (AvgIpc) is 2.36. The van der Waals surface area contributed by atoms with Gasteiger partial charge in [0.05, 0.1) is 6.10 Å². The highest BCUT2D eigenvalue weighted by atomic mass is 35.6. The maximum absolute atomic E-state index is 13.0. The minimum absolute atomic E-state index is 0.207. The van der Waals surface area contributed by atoms with Crippen LogP contribution in [0, 0.1) is 17.2 Å². The lowest BCUT2D eigenvalue weighted by atomic mass is 9.84. The van der Waals surface area contributed by atoms with Gasteiger partial charge in [0.2, 0.25) is 12.2 Å². The summed E-state index contributed by atoms with van der Waals surface area (Å²) in [5.41, 5.74) is 0. The van der Waals surface area contributed by atoms with E-state index in [1.54, 1.807) is 13.8 Å². The molecule has 1 fully saturated rings. The van der Waals surface area contributed by atoms with Gasteiger partial charge in [-0.15, -0.1) is 0 Å². The number of hydrogen-bond acceptors (Lipinski definition) is 5. The number of ether oxygens (including phenoxy) is 3. The Morgan fingerprint density at radius 2 is 1.86 bits per heavy atom. The van der Waals surface area contributed by atoms with E-state index in [1.165, 1.54) is 6.92 Å². The van der Waals surface area contributed by atoms with Crippen molar-refractivity contribution < 1.29 is 23.4 Å². The Morgan fingerprint density at radius 1 is 1.29 bits per heavy atom. The van der Waals surface area contributed by atoms with Crippen LogP contribution in [0.2, 0.25) is 0 Å². The molecule has 1 heterocycles. The number of carbonyl (C=O) groups is 1. The van der Waals surface area contributed by atoms with Crippen LogP contribution >= 0.6 is 34.8 Å². The van der Waals surface area contributed by atoms with Gasteiger partial charge in [-0.3, -0.25) is 10.2 Å². The average molecular weight is 365 g/mol. The van der Waals surface area contributed by atoms with E-state index >= 15 is 0 Å². The quantitative estimate of drug-likeness (QED) is 0.361. The van der Waals surface area contributed by atoms with E-state index in [-0.39, 0.29) is 11.8 Å². The molecule has 0 aliphatic carbocycles. The summed E-state index contributed by atoms with van der Waals surface area (Å²) in [7, 11) is 0. The first-order valence-electron chi connectivity index (χ1n) is 6.29. The molecule has 0 radical (unpaired) electrons. The van der Waals surface area contributed by atoms with Gasteiger partial charge in [-0.05, 0) is 5.92 Å². The summed E-state index contributed by atoms with van der Waals surface area (Å²) in [6.07, 6.45) is -2.78. The van der Waals surface area contributed by atoms with E-state index in [4.69, 9.17) is 54.4 Å². The zero-order valence-electron chi connectivity index (χ0n) is 11.7. The summed E-state index contributed by atoms with van der Waals surface area (Å²) in [6, 6.07) is 0. The number of alkyl halides is 4. The number of rotatable bonds is 3. The van der Waals surface area contributed by atoms with Crippen LogP contribution in [0.3, 0.4) is 0 Å². The van der Waals surface area contributed by atoms with E-state index in [2.05, 4.69) is 0 Å². The maximum atomic E-state index is 13.0. The largest absolute Gasteiger partial charge is 0.456 e. The molecule has 1 aliphatic heterocycles. The van der Waals surface area contributed by atoms with Crippen LogP contribution in [-0.2, 0) is 19.0 Å². The van der Waals surface area contributed by atoms with Crippen LogP contribution in [0.25, 0.3) is 0 Å². The van der Waals surface area contributed by atoms with Crippen molar-refractivity contribution in [1.82, 2.24) is 0 Å². The molecular formula is C12H17Cl3FNO4. The summed E-state index contributed by atoms with van der Waals surface area (Å²) < 4.78 is 26.6. The molecule has 5 atom stereocenters. The fourth-order valence-electron chi connectivity index (χ4n) is 2.07. The van der Waals surface area contributed by atoms with Crippen molar-refractivity contribution in [2.75, 3.05) is 6.67 Å². The molecule has 21 heavy (non-hydrogen) atoms. The fraction of sp³-hybridized carbons (Fsp3) is 0.833. The normalized spacial score (nSPS) is 33.4. The molecule has 1 rings (SSSR count). The molecule has 1 aliphatic rings. The highest BCUT2D eigenvalue weighted by Crippen LogP contribution is 2.36. The minimum Gasteiger partial charge on any atom is -0.456 e. The first kappa shape index (κ1) is 18.7. The predicted octanol–water partition coefficient (Wildman–Crippen LogP) is 3.25. The molecule has 122 valence electrons. The SMILES string of the molecule is CC(=O)OC1C(OC(=N)C(Cl)(Cl)Cl)OC(CF)[C@H](C)[C@@H]1C. The van der Waals surface area contributed by atoms with Crippen LogP contribution in [0.4, 0.5) is 4.39 Å². The lowest BCUT2D eigenvalue weighted by Gasteiger charge is -2.43. The van der Waals surface area contributed by atoms with Gasteiger partial charge < -0.3 is 14.2 Å². The summed E-state index contributed by atoms with van der Waals surface area (Å²) in [6.45, 7) is 4.05. The second-order valence-corrected chi connectivity index (χ2v) is 7.22. The predicted molar refractivity (Wildman–Crippen MR) is 77.6 cm³/mol. The van der Waals surface area contributed by atoms with Crippen molar-refractivity contribution in [2.45, 2.75) is 43.1 Å². The minimum atomic E-state index is -2.08. The van der Waals surface area contributed by atoms with Gasteiger partial charge in [0.25, 0.3) is 3.79 Å². The Labute approximate surface area is 137 Å². The summed E-state index contributed by atoms with van der Waals surface area (Å²) in [5, 5.41) is 7.56. The molecule has 1 saturated heterocycles. The second-order valence-electron chi connectivity index (χ2n) is 4.93. The third kappa shape index (κ3) is 4.84. The monoisotopic (exact) mass is 363 g/mol. The van der Waals surface area contributed by atoms with Crippen molar-refractivity contribution >= 4 is 46.7 Å². The van der Waals surface area contributed by atoms with Crippen molar-refractivity contribution in [1.29, 1.82) is 5.41 Å². The highest BCUT2D eigenvalue weighted by Gasteiger charge is 2.46. The van der Waals surface area contributed by atoms with Gasteiger partial charge in [-0.2, -0.15) is 0 Å². The second kappa shape index (κ2) is 7.31. The van der Waals surface area contributed by atoms with Crippen molar-refractivity contribution in [3.63, 3.8) is 0 Å². The highest BCUT2D eigenvalue weighted by molar-refractivity contribution is 6.76. The van der Waals surface area contributed by atoms with E-state index in [9.17, 15) is 9.18 Å². The van der Waals surface area contributed by atoms with Gasteiger partial charge >= 0.3 is 5.97 Å². The zero-order chi connectivity index (χ0) is 16.4. The summed E-state index contributed by atoms with van der Waals surface area (Å²) >= 11 is 16.6. The molecule has 0 saturated carbocycles. The van der Waals surface area contributed by atoms with Crippen molar-refractivity contribution in [2.24, 2.45) is 11.8 Å². The van der Waals surface area contributed by atoms with E-state index in [0.717, 1.165) is 0 Å². The fourth-order valence-corrected chi connectivity index (χ4v) is 2.20. The number of carbonyl (C=O) groups excluding carboxylic acids is 1. The van der Waals surface area contributed by atoms with E-state index in [1.807, 2.05) is 0 Å². The molecule has 0 aromatic rings. The molecule has 9 heteroatoms. The molecular weight excluding hydrogens is 347 g/mol. The molecule has 3 unspecified atom stereocenters. The Bertz CT molecular complexity index is 404. The number of hydrogen-bond donors (Lipinski definition) is 1. The molecule has 0 bridgehead atoms. The Kier molecular flexibility index (Phi) is 6.53. The van der Waals surface area contributed by atoms with Crippen LogP contribution < -0.4 is 0 Å². The first-order valence-corrected chi connectivity index (χ1v) is 7.42. The van der Waals surface area contributed by atoms with Gasteiger partial charge in [-0.1, -0.05) is 48.7 Å². The molecule has 1 N–H and O–H groups in total. The number of esters is 1. The molecule has 5 nitrogen and oxygen atoms in total. The summed E-state index contributed by atoms with van der Waals surface area (Å²) in [5.74, 6) is -1.69. The van der Waals surface area contributed by atoms with Gasteiger partial charge in [0, 0.05) is 12.8 Å². The van der Waals surface area contributed by atoms with Crippen LogP contribution in [-0.4, -0.2) is 40.8 Å². The topological polar surface area (TPSA) is 68.6 Å². The van der Waals surface area contributed by atoms with Crippen LogP contribution in [0.15, 0.2) is 0 Å². The molecule has 0 amide bonds. The zero-order valence-corrected chi connectivity index (χ0v) is 14.0. The van der Waals surface area contributed by atoms with E-state index in [0.29, 0.717) is 0 Å². The van der Waals surface area contributed by atoms with Gasteiger partial charge in [-0.25, -0.2) is 4.39 Å². The third-order valence-corrected chi connectivity index (χ3v) is 3.97. The van der Waals surface area contributed by atoms with Crippen LogP contribution in [0.5, 0.6) is 0 Å². The lowest BCUT2D eigenvalue weighted by molar-refractivity contribution is -0.253. The summed E-state index contributed by atoms with van der Waals surface area (Å²) in [4.78, 5) is 11.2. The number of nitrogens with one attached hydrogen (secondary N) is 1. The molecule has 0 spiro atoms.